The molecule has 2 nitrogen and oxygen atoms in total. The molecule has 4 heteroatoms. The quantitative estimate of drug-likeness (QED) is 0.643. The van der Waals surface area contributed by atoms with Crippen LogP contribution >= 0.6 is 23.8 Å². The van der Waals surface area contributed by atoms with Gasteiger partial charge in [-0.15, -0.1) is 0 Å². The lowest BCUT2D eigenvalue weighted by Crippen LogP contribution is -1.91. The Kier molecular flexibility index (Phi) is 3.09. The molecule has 0 aliphatic heterocycles. The standard InChI is InChI=1S/C15H11ClN2S/c1-9-2-4-10(5-3-9)14-17-13-7-6-11(16)8-12(13)15(19)18-14/h2-8H,1H3,(H,17,18,19). The van der Waals surface area contributed by atoms with E-state index in [4.69, 9.17) is 23.8 Å². The third-order valence-electron chi connectivity index (χ3n) is 3.00. The van der Waals surface area contributed by atoms with E-state index in [2.05, 4.69) is 29.0 Å². The SMILES string of the molecule is Cc1ccc(-c2nc(=S)c3cc(Cl)ccc3[nH]2)cc1. The van der Waals surface area contributed by atoms with Crippen LogP contribution in [-0.2, 0) is 0 Å². The summed E-state index contributed by atoms with van der Waals surface area (Å²) in [5.74, 6) is 0.778. The summed E-state index contributed by atoms with van der Waals surface area (Å²) < 4.78 is 0.562. The Bertz CT molecular complexity index is 806. The van der Waals surface area contributed by atoms with Crippen LogP contribution in [0.25, 0.3) is 22.3 Å². The fourth-order valence-electron chi connectivity index (χ4n) is 1.97. The maximum atomic E-state index is 5.98. The van der Waals surface area contributed by atoms with Crippen LogP contribution in [0.5, 0.6) is 0 Å². The van der Waals surface area contributed by atoms with Gasteiger partial charge in [-0.2, -0.15) is 0 Å². The number of hydrogen-bond donors (Lipinski definition) is 1. The topological polar surface area (TPSA) is 28.7 Å². The predicted molar refractivity (Wildman–Crippen MR) is 82.1 cm³/mol. The molecule has 1 N–H and O–H groups in total. The minimum Gasteiger partial charge on any atom is -0.339 e. The van der Waals surface area contributed by atoms with Crippen molar-refractivity contribution in [1.29, 1.82) is 0 Å². The number of nitrogens with one attached hydrogen (secondary N) is 1. The first-order valence-corrected chi connectivity index (χ1v) is 6.69. The van der Waals surface area contributed by atoms with Gasteiger partial charge in [-0.25, -0.2) is 4.98 Å². The molecule has 0 aliphatic rings. The van der Waals surface area contributed by atoms with Crippen LogP contribution < -0.4 is 0 Å². The average molecular weight is 287 g/mol. The van der Waals surface area contributed by atoms with E-state index in [0.717, 1.165) is 22.3 Å². The lowest BCUT2D eigenvalue weighted by Gasteiger charge is -2.05. The molecule has 3 rings (SSSR count). The summed E-state index contributed by atoms with van der Waals surface area (Å²) in [4.78, 5) is 7.74. The number of benzene rings is 2. The lowest BCUT2D eigenvalue weighted by atomic mass is 10.1. The Morgan fingerprint density at radius 3 is 2.58 bits per heavy atom. The minimum atomic E-state index is 0.562. The number of halogens is 1. The van der Waals surface area contributed by atoms with Crippen LogP contribution in [0.2, 0.25) is 5.02 Å². The van der Waals surface area contributed by atoms with Gasteiger partial charge in [-0.05, 0) is 25.1 Å². The number of fused-ring (bicyclic) bond motifs is 1. The molecule has 0 bridgehead atoms. The molecule has 19 heavy (non-hydrogen) atoms. The van der Waals surface area contributed by atoms with Gasteiger partial charge in [-0.1, -0.05) is 53.6 Å². The van der Waals surface area contributed by atoms with Crippen LogP contribution in [0.3, 0.4) is 0 Å². The van der Waals surface area contributed by atoms with E-state index in [1.54, 1.807) is 0 Å². The molecule has 3 aromatic rings. The molecule has 0 amide bonds. The molecule has 0 spiro atoms. The molecule has 94 valence electrons. The smallest absolute Gasteiger partial charge is 0.139 e. The average Bonchev–Trinajstić information content (AvgIpc) is 2.40. The molecule has 0 atom stereocenters. The number of aromatic amines is 1. The fraction of sp³-hybridized carbons (Fsp3) is 0.0667. The van der Waals surface area contributed by atoms with E-state index in [9.17, 15) is 0 Å². The second kappa shape index (κ2) is 4.76. The van der Waals surface area contributed by atoms with Crippen LogP contribution in [-0.4, -0.2) is 9.97 Å². The molecular weight excluding hydrogens is 276 g/mol. The molecule has 2 aromatic carbocycles. The summed E-state index contributed by atoms with van der Waals surface area (Å²) in [6.07, 6.45) is 0. The molecule has 0 fully saturated rings. The van der Waals surface area contributed by atoms with E-state index < -0.39 is 0 Å². The summed E-state index contributed by atoms with van der Waals surface area (Å²) in [7, 11) is 0. The first-order chi connectivity index (χ1) is 9.13. The van der Waals surface area contributed by atoms with E-state index in [0.29, 0.717) is 9.66 Å². The van der Waals surface area contributed by atoms with Crippen molar-refractivity contribution in [2.45, 2.75) is 6.92 Å². The Morgan fingerprint density at radius 1 is 1.11 bits per heavy atom. The molecule has 0 unspecified atom stereocenters. The van der Waals surface area contributed by atoms with E-state index >= 15 is 0 Å². The van der Waals surface area contributed by atoms with Crippen molar-refractivity contribution in [2.75, 3.05) is 0 Å². The highest BCUT2D eigenvalue weighted by Crippen LogP contribution is 2.22. The zero-order valence-corrected chi connectivity index (χ0v) is 11.8. The molecule has 0 radical (unpaired) electrons. The molecule has 0 aliphatic carbocycles. The summed E-state index contributed by atoms with van der Waals surface area (Å²) in [5.41, 5.74) is 3.18. The van der Waals surface area contributed by atoms with Crippen LogP contribution in [0.1, 0.15) is 5.56 Å². The van der Waals surface area contributed by atoms with Crippen molar-refractivity contribution in [3.05, 3.63) is 57.7 Å². The highest BCUT2D eigenvalue weighted by molar-refractivity contribution is 7.71. The lowest BCUT2D eigenvalue weighted by molar-refractivity contribution is 1.21. The number of rotatable bonds is 1. The van der Waals surface area contributed by atoms with Gasteiger partial charge < -0.3 is 4.98 Å². The summed E-state index contributed by atoms with van der Waals surface area (Å²) in [6.45, 7) is 2.06. The van der Waals surface area contributed by atoms with Gasteiger partial charge in [0.25, 0.3) is 0 Å². The predicted octanol–water partition coefficient (Wildman–Crippen LogP) is 4.92. The van der Waals surface area contributed by atoms with Crippen molar-refractivity contribution in [3.8, 4) is 11.4 Å². The summed E-state index contributed by atoms with van der Waals surface area (Å²) >= 11 is 11.3. The Labute approximate surface area is 121 Å². The van der Waals surface area contributed by atoms with Crippen LogP contribution in [0, 0.1) is 11.6 Å². The zero-order chi connectivity index (χ0) is 13.4. The second-order valence-electron chi connectivity index (χ2n) is 4.45. The third-order valence-corrected chi connectivity index (χ3v) is 3.55. The summed E-state index contributed by atoms with van der Waals surface area (Å²) in [5, 5.41) is 1.54. The molecular formula is C15H11ClN2S. The van der Waals surface area contributed by atoms with Crippen LogP contribution in [0.15, 0.2) is 42.5 Å². The van der Waals surface area contributed by atoms with Gasteiger partial charge in [0.2, 0.25) is 0 Å². The normalized spacial score (nSPS) is 10.8. The largest absolute Gasteiger partial charge is 0.339 e. The van der Waals surface area contributed by atoms with E-state index in [1.165, 1.54) is 5.56 Å². The second-order valence-corrected chi connectivity index (χ2v) is 5.27. The molecule has 0 saturated heterocycles. The Morgan fingerprint density at radius 2 is 1.84 bits per heavy atom. The Hall–Kier alpha value is -1.71. The third kappa shape index (κ3) is 2.39. The van der Waals surface area contributed by atoms with Gasteiger partial charge in [0.1, 0.15) is 10.5 Å². The minimum absolute atomic E-state index is 0.562. The van der Waals surface area contributed by atoms with Gasteiger partial charge >= 0.3 is 0 Å². The number of aryl methyl sites for hydroxylation is 1. The molecule has 1 heterocycles. The summed E-state index contributed by atoms with van der Waals surface area (Å²) in [6, 6.07) is 13.8. The van der Waals surface area contributed by atoms with Crippen molar-refractivity contribution in [1.82, 2.24) is 9.97 Å². The fourth-order valence-corrected chi connectivity index (χ4v) is 2.40. The Balaban J connectivity index is 2.24. The number of H-pyrrole nitrogens is 1. The van der Waals surface area contributed by atoms with Crippen molar-refractivity contribution in [3.63, 3.8) is 0 Å². The van der Waals surface area contributed by atoms with Crippen molar-refractivity contribution < 1.29 is 0 Å². The van der Waals surface area contributed by atoms with Gasteiger partial charge in [-0.3, -0.25) is 0 Å². The highest BCUT2D eigenvalue weighted by Gasteiger charge is 2.04. The van der Waals surface area contributed by atoms with Crippen molar-refractivity contribution >= 4 is 34.7 Å². The van der Waals surface area contributed by atoms with Crippen molar-refractivity contribution in [2.24, 2.45) is 0 Å². The molecule has 1 aromatic heterocycles. The molecule has 0 saturated carbocycles. The maximum absolute atomic E-state index is 5.98. The number of nitrogens with zero attached hydrogens (tertiary/aromatic N) is 1. The monoisotopic (exact) mass is 286 g/mol. The zero-order valence-electron chi connectivity index (χ0n) is 10.3. The van der Waals surface area contributed by atoms with Gasteiger partial charge in [0, 0.05) is 16.0 Å². The van der Waals surface area contributed by atoms with Crippen LogP contribution in [0.4, 0.5) is 0 Å². The maximum Gasteiger partial charge on any atom is 0.139 e. The van der Waals surface area contributed by atoms with Gasteiger partial charge in [0.15, 0.2) is 0 Å². The highest BCUT2D eigenvalue weighted by atomic mass is 35.5. The first-order valence-electron chi connectivity index (χ1n) is 5.90. The van der Waals surface area contributed by atoms with Gasteiger partial charge in [0.05, 0.1) is 5.52 Å². The van der Waals surface area contributed by atoms with E-state index in [-0.39, 0.29) is 0 Å². The van der Waals surface area contributed by atoms with E-state index in [1.807, 2.05) is 30.3 Å². The number of aromatic nitrogens is 2. The first kappa shape index (κ1) is 12.3. The number of hydrogen-bond acceptors (Lipinski definition) is 2.